The molecule has 1 amide bonds. The summed E-state index contributed by atoms with van der Waals surface area (Å²) < 4.78 is 0. The molecule has 2 aromatic carbocycles. The number of piperazine rings is 1. The average Bonchev–Trinajstić information content (AvgIpc) is 2.80. The van der Waals surface area contributed by atoms with Crippen molar-refractivity contribution in [2.45, 2.75) is 13.3 Å². The summed E-state index contributed by atoms with van der Waals surface area (Å²) in [5.41, 5.74) is 3.68. The van der Waals surface area contributed by atoms with Crippen LogP contribution in [0.15, 0.2) is 67.0 Å². The lowest BCUT2D eigenvalue weighted by atomic mass is 10.1. The summed E-state index contributed by atoms with van der Waals surface area (Å²) >= 11 is 0. The molecule has 0 atom stereocenters. The maximum absolute atomic E-state index is 12.4. The van der Waals surface area contributed by atoms with Gasteiger partial charge in [0, 0.05) is 37.4 Å². The summed E-state index contributed by atoms with van der Waals surface area (Å²) in [7, 11) is 0. The molecule has 1 aliphatic rings. The van der Waals surface area contributed by atoms with E-state index in [9.17, 15) is 4.79 Å². The second-order valence-corrected chi connectivity index (χ2v) is 7.09. The lowest BCUT2D eigenvalue weighted by Gasteiger charge is -2.36. The van der Waals surface area contributed by atoms with Gasteiger partial charge in [-0.1, -0.05) is 37.3 Å². The molecule has 1 saturated heterocycles. The zero-order valence-electron chi connectivity index (χ0n) is 16.6. The average molecular weight is 387 g/mol. The molecule has 0 bridgehead atoms. The predicted molar refractivity (Wildman–Crippen MR) is 117 cm³/mol. The Morgan fingerprint density at radius 3 is 2.14 bits per heavy atom. The number of hydrogen-bond acceptors (Lipinski definition) is 5. The molecule has 0 radical (unpaired) electrons. The van der Waals surface area contributed by atoms with Gasteiger partial charge in [-0.25, -0.2) is 9.97 Å². The van der Waals surface area contributed by atoms with Crippen molar-refractivity contribution in [2.24, 2.45) is 0 Å². The molecule has 2 heterocycles. The standard InChI is InChI=1S/C23H25N5O/c1-2-18-8-10-19(11-9-18)22(29)26-20-16-24-23(25-17-20)28-14-12-27(13-15-28)21-6-4-3-5-7-21/h3-11,16-17H,2,12-15H2,1H3,(H,26,29). The Labute approximate surface area is 171 Å². The van der Waals surface area contributed by atoms with E-state index in [1.807, 2.05) is 30.3 Å². The molecule has 3 aromatic rings. The van der Waals surface area contributed by atoms with Gasteiger partial charge >= 0.3 is 0 Å². The van der Waals surface area contributed by atoms with Crippen LogP contribution in [0.1, 0.15) is 22.8 Å². The zero-order valence-corrected chi connectivity index (χ0v) is 16.6. The topological polar surface area (TPSA) is 61.4 Å². The highest BCUT2D eigenvalue weighted by atomic mass is 16.1. The Hall–Kier alpha value is -3.41. The first kappa shape index (κ1) is 18.9. The molecule has 0 spiro atoms. The number of nitrogens with zero attached hydrogens (tertiary/aromatic N) is 4. The number of aryl methyl sites for hydroxylation is 1. The number of amides is 1. The van der Waals surface area contributed by atoms with E-state index in [1.54, 1.807) is 12.4 Å². The number of carbonyl (C=O) groups is 1. The van der Waals surface area contributed by atoms with Gasteiger partial charge in [-0.3, -0.25) is 4.79 Å². The first-order valence-electron chi connectivity index (χ1n) is 10.00. The number of aromatic nitrogens is 2. The Bertz CT molecular complexity index is 933. The number of carbonyl (C=O) groups excluding carboxylic acids is 1. The lowest BCUT2D eigenvalue weighted by molar-refractivity contribution is 0.102. The Morgan fingerprint density at radius 1 is 0.897 bits per heavy atom. The molecule has 1 fully saturated rings. The molecule has 1 aliphatic heterocycles. The van der Waals surface area contributed by atoms with Crippen LogP contribution < -0.4 is 15.1 Å². The van der Waals surface area contributed by atoms with Gasteiger partial charge in [0.05, 0.1) is 18.1 Å². The van der Waals surface area contributed by atoms with Crippen LogP contribution in [0.25, 0.3) is 0 Å². The molecule has 0 aliphatic carbocycles. The van der Waals surface area contributed by atoms with E-state index in [-0.39, 0.29) is 5.91 Å². The van der Waals surface area contributed by atoms with Gasteiger partial charge in [-0.2, -0.15) is 0 Å². The summed E-state index contributed by atoms with van der Waals surface area (Å²) in [6.07, 6.45) is 4.30. The first-order chi connectivity index (χ1) is 14.2. The number of anilines is 3. The van der Waals surface area contributed by atoms with E-state index < -0.39 is 0 Å². The second-order valence-electron chi connectivity index (χ2n) is 7.09. The van der Waals surface area contributed by atoms with Gasteiger partial charge in [-0.15, -0.1) is 0 Å². The number of para-hydroxylation sites is 1. The van der Waals surface area contributed by atoms with Crippen LogP contribution in [0.5, 0.6) is 0 Å². The van der Waals surface area contributed by atoms with Gasteiger partial charge in [0.2, 0.25) is 5.95 Å². The molecule has 0 saturated carbocycles. The smallest absolute Gasteiger partial charge is 0.255 e. The minimum Gasteiger partial charge on any atom is -0.368 e. The van der Waals surface area contributed by atoms with Gasteiger partial charge in [0.15, 0.2) is 0 Å². The molecule has 1 N–H and O–H groups in total. The Kier molecular flexibility index (Phi) is 5.70. The van der Waals surface area contributed by atoms with Crippen molar-refractivity contribution in [2.75, 3.05) is 41.3 Å². The Balaban J connectivity index is 1.34. The van der Waals surface area contributed by atoms with Crippen molar-refractivity contribution in [1.29, 1.82) is 0 Å². The monoisotopic (exact) mass is 387 g/mol. The lowest BCUT2D eigenvalue weighted by Crippen LogP contribution is -2.47. The van der Waals surface area contributed by atoms with Crippen molar-refractivity contribution in [3.05, 3.63) is 78.1 Å². The second kappa shape index (κ2) is 8.73. The van der Waals surface area contributed by atoms with Crippen molar-refractivity contribution in [3.63, 3.8) is 0 Å². The third-order valence-electron chi connectivity index (χ3n) is 5.20. The molecule has 29 heavy (non-hydrogen) atoms. The molecular formula is C23H25N5O. The fourth-order valence-electron chi connectivity index (χ4n) is 3.45. The SMILES string of the molecule is CCc1ccc(C(=O)Nc2cnc(N3CCN(c4ccccc4)CC3)nc2)cc1. The van der Waals surface area contributed by atoms with Crippen LogP contribution in [0.2, 0.25) is 0 Å². The summed E-state index contributed by atoms with van der Waals surface area (Å²) in [6, 6.07) is 18.1. The van der Waals surface area contributed by atoms with Crippen molar-refractivity contribution in [3.8, 4) is 0 Å². The summed E-state index contributed by atoms with van der Waals surface area (Å²) in [5, 5.41) is 2.86. The highest BCUT2D eigenvalue weighted by Crippen LogP contribution is 2.18. The van der Waals surface area contributed by atoms with Gasteiger partial charge < -0.3 is 15.1 Å². The van der Waals surface area contributed by atoms with E-state index in [0.29, 0.717) is 17.2 Å². The van der Waals surface area contributed by atoms with Crippen LogP contribution >= 0.6 is 0 Å². The number of hydrogen-bond donors (Lipinski definition) is 1. The maximum atomic E-state index is 12.4. The van der Waals surface area contributed by atoms with E-state index in [2.05, 4.69) is 56.3 Å². The van der Waals surface area contributed by atoms with E-state index in [0.717, 1.165) is 32.6 Å². The molecule has 6 heteroatoms. The van der Waals surface area contributed by atoms with Gasteiger partial charge in [0.25, 0.3) is 5.91 Å². The number of benzene rings is 2. The zero-order chi connectivity index (χ0) is 20.1. The summed E-state index contributed by atoms with van der Waals surface area (Å²) in [6.45, 7) is 5.68. The highest BCUT2D eigenvalue weighted by molar-refractivity contribution is 6.04. The van der Waals surface area contributed by atoms with Crippen molar-refractivity contribution >= 4 is 23.2 Å². The summed E-state index contributed by atoms with van der Waals surface area (Å²) in [4.78, 5) is 25.8. The highest BCUT2D eigenvalue weighted by Gasteiger charge is 2.19. The van der Waals surface area contributed by atoms with Crippen molar-refractivity contribution in [1.82, 2.24) is 9.97 Å². The quantitative estimate of drug-likeness (QED) is 0.725. The maximum Gasteiger partial charge on any atom is 0.255 e. The molecule has 148 valence electrons. The predicted octanol–water partition coefficient (Wildman–Crippen LogP) is 3.62. The molecule has 0 unspecified atom stereocenters. The largest absolute Gasteiger partial charge is 0.368 e. The van der Waals surface area contributed by atoms with Gasteiger partial charge in [-0.05, 0) is 36.2 Å². The fraction of sp³-hybridized carbons (Fsp3) is 0.261. The van der Waals surface area contributed by atoms with Crippen molar-refractivity contribution < 1.29 is 4.79 Å². The van der Waals surface area contributed by atoms with Crippen LogP contribution in [-0.2, 0) is 6.42 Å². The Morgan fingerprint density at radius 2 is 1.52 bits per heavy atom. The molecule has 6 nitrogen and oxygen atoms in total. The third-order valence-corrected chi connectivity index (χ3v) is 5.20. The van der Waals surface area contributed by atoms with E-state index in [4.69, 9.17) is 0 Å². The van der Waals surface area contributed by atoms with Crippen LogP contribution in [0, 0.1) is 0 Å². The van der Waals surface area contributed by atoms with Crippen LogP contribution in [0.3, 0.4) is 0 Å². The van der Waals surface area contributed by atoms with Crippen LogP contribution in [0.4, 0.5) is 17.3 Å². The molecule has 1 aromatic heterocycles. The fourth-order valence-corrected chi connectivity index (χ4v) is 3.45. The first-order valence-corrected chi connectivity index (χ1v) is 10.00. The minimum absolute atomic E-state index is 0.152. The summed E-state index contributed by atoms with van der Waals surface area (Å²) in [5.74, 6) is 0.545. The molecular weight excluding hydrogens is 362 g/mol. The number of nitrogens with one attached hydrogen (secondary N) is 1. The minimum atomic E-state index is -0.152. The third kappa shape index (κ3) is 4.54. The van der Waals surface area contributed by atoms with Crippen LogP contribution in [-0.4, -0.2) is 42.1 Å². The van der Waals surface area contributed by atoms with Gasteiger partial charge in [0.1, 0.15) is 0 Å². The normalized spacial score (nSPS) is 14.0. The van der Waals surface area contributed by atoms with E-state index >= 15 is 0 Å². The van der Waals surface area contributed by atoms with E-state index in [1.165, 1.54) is 11.3 Å². The molecule has 4 rings (SSSR count). The number of rotatable bonds is 5.